The molecule has 1 spiro atoms. The van der Waals surface area contributed by atoms with E-state index in [0.29, 0.717) is 28.2 Å². The van der Waals surface area contributed by atoms with E-state index in [9.17, 15) is 14.9 Å². The van der Waals surface area contributed by atoms with E-state index in [2.05, 4.69) is 11.4 Å². The first-order chi connectivity index (χ1) is 13.7. The van der Waals surface area contributed by atoms with Crippen LogP contribution in [0.15, 0.2) is 41.7 Å². The molecule has 0 radical (unpaired) electrons. The molecule has 1 N–H and O–H groups in total. The zero-order valence-electron chi connectivity index (χ0n) is 16.7. The number of benzene rings is 1. The highest BCUT2D eigenvalue weighted by Crippen LogP contribution is 2.57. The number of fused-ring (bicyclic) bond motifs is 5. The number of nitrogens with zero attached hydrogens (tertiary/aromatic N) is 3. The number of carbonyl (C=O) groups is 2. The summed E-state index contributed by atoms with van der Waals surface area (Å²) >= 11 is 0. The fraction of sp³-hybridized carbons (Fsp3) is 0.318. The van der Waals surface area contributed by atoms with Gasteiger partial charge in [-0.3, -0.25) is 4.79 Å². The molecule has 3 aliphatic heterocycles. The Morgan fingerprint density at radius 2 is 1.97 bits per heavy atom. The molecular formula is C22H20N4O3. The SMILES string of the molecule is CN1C(=O)[C@]2(C3=C(COC3=O)Nc3c2c(C#N)cn3C(C)(C)C)c2ccccc21. The molecule has 2 aromatic rings. The molecule has 1 aromatic carbocycles. The third-order valence-corrected chi connectivity index (χ3v) is 6.02. The number of anilines is 2. The summed E-state index contributed by atoms with van der Waals surface area (Å²) < 4.78 is 7.31. The van der Waals surface area contributed by atoms with E-state index in [1.807, 2.05) is 49.6 Å². The molecule has 0 saturated heterocycles. The predicted octanol–water partition coefficient (Wildman–Crippen LogP) is 2.61. The molecule has 7 nitrogen and oxygen atoms in total. The number of hydrogen-bond donors (Lipinski definition) is 1. The minimum Gasteiger partial charge on any atom is -0.456 e. The number of aromatic nitrogens is 1. The molecule has 0 bridgehead atoms. The van der Waals surface area contributed by atoms with Gasteiger partial charge in [0, 0.05) is 35.6 Å². The fourth-order valence-corrected chi connectivity index (χ4v) is 4.82. The van der Waals surface area contributed by atoms with Crippen LogP contribution in [-0.2, 0) is 25.3 Å². The van der Waals surface area contributed by atoms with Gasteiger partial charge in [-0.1, -0.05) is 18.2 Å². The lowest BCUT2D eigenvalue weighted by molar-refractivity contribution is -0.137. The number of nitriles is 1. The molecule has 1 aromatic heterocycles. The lowest BCUT2D eigenvalue weighted by Crippen LogP contribution is -2.46. The smallest absolute Gasteiger partial charge is 0.338 e. The number of hydrogen-bond acceptors (Lipinski definition) is 5. The van der Waals surface area contributed by atoms with Crippen LogP contribution in [0.2, 0.25) is 0 Å². The Balaban J connectivity index is 1.98. The first-order valence-corrected chi connectivity index (χ1v) is 9.44. The van der Waals surface area contributed by atoms with Crippen molar-refractivity contribution in [1.82, 2.24) is 4.57 Å². The van der Waals surface area contributed by atoms with Crippen LogP contribution in [0, 0.1) is 11.3 Å². The summed E-state index contributed by atoms with van der Waals surface area (Å²) in [6.45, 7) is 6.16. The van der Waals surface area contributed by atoms with Crippen molar-refractivity contribution in [3.63, 3.8) is 0 Å². The second-order valence-electron chi connectivity index (χ2n) is 8.61. The van der Waals surface area contributed by atoms with Gasteiger partial charge in [-0.05, 0) is 26.8 Å². The first-order valence-electron chi connectivity index (χ1n) is 9.44. The lowest BCUT2D eigenvalue weighted by Gasteiger charge is -2.35. The summed E-state index contributed by atoms with van der Waals surface area (Å²) in [4.78, 5) is 28.3. The van der Waals surface area contributed by atoms with Gasteiger partial charge in [0.15, 0.2) is 0 Å². The Labute approximate surface area is 168 Å². The molecule has 0 unspecified atom stereocenters. The van der Waals surface area contributed by atoms with E-state index in [0.717, 1.165) is 5.69 Å². The molecule has 1 atom stereocenters. The second-order valence-corrected chi connectivity index (χ2v) is 8.61. The zero-order chi connectivity index (χ0) is 20.7. The van der Waals surface area contributed by atoms with Gasteiger partial charge >= 0.3 is 5.97 Å². The van der Waals surface area contributed by atoms with E-state index in [1.54, 1.807) is 18.1 Å². The quantitative estimate of drug-likeness (QED) is 0.701. The standard InChI is InChI=1S/C22H20N4O3/c1-21(2,3)26-10-12(9-23)16-18(26)24-14-11-29-19(27)17(14)22(16)13-7-5-6-8-15(13)25(4)20(22)28/h5-8,10,24H,11H2,1-4H3/t22-/m1/s1. The number of likely N-dealkylation sites (N-methyl/N-ethyl adjacent to an activating group) is 1. The molecular weight excluding hydrogens is 368 g/mol. The van der Waals surface area contributed by atoms with Crippen LogP contribution >= 0.6 is 0 Å². The summed E-state index contributed by atoms with van der Waals surface area (Å²) in [5.41, 5.74) is 1.44. The number of cyclic esters (lactones) is 1. The fourth-order valence-electron chi connectivity index (χ4n) is 4.82. The highest BCUT2D eigenvalue weighted by molar-refractivity contribution is 6.20. The largest absolute Gasteiger partial charge is 0.456 e. The molecule has 29 heavy (non-hydrogen) atoms. The number of nitrogens with one attached hydrogen (secondary N) is 1. The van der Waals surface area contributed by atoms with Crippen molar-refractivity contribution in [1.29, 1.82) is 5.26 Å². The predicted molar refractivity (Wildman–Crippen MR) is 106 cm³/mol. The average Bonchev–Trinajstić information content (AvgIpc) is 3.31. The summed E-state index contributed by atoms with van der Waals surface area (Å²) in [6.07, 6.45) is 1.77. The van der Waals surface area contributed by atoms with Crippen LogP contribution < -0.4 is 10.2 Å². The molecule has 4 heterocycles. The van der Waals surface area contributed by atoms with E-state index >= 15 is 0 Å². The van der Waals surface area contributed by atoms with Crippen molar-refractivity contribution in [2.45, 2.75) is 31.7 Å². The number of ether oxygens (including phenoxy) is 1. The molecule has 0 saturated carbocycles. The van der Waals surface area contributed by atoms with Gasteiger partial charge in [0.25, 0.3) is 0 Å². The molecule has 0 fully saturated rings. The van der Waals surface area contributed by atoms with Crippen LogP contribution in [0.4, 0.5) is 11.5 Å². The van der Waals surface area contributed by atoms with Crippen LogP contribution in [-0.4, -0.2) is 30.1 Å². The normalized spacial score (nSPS) is 22.2. The maximum absolute atomic E-state index is 13.9. The Bertz CT molecular complexity index is 1190. The molecule has 0 aliphatic carbocycles. The van der Waals surface area contributed by atoms with Crippen molar-refractivity contribution in [3.8, 4) is 6.07 Å². The molecule has 3 aliphatic rings. The Morgan fingerprint density at radius 1 is 1.24 bits per heavy atom. The number of rotatable bonds is 0. The number of esters is 1. The minimum atomic E-state index is -1.39. The van der Waals surface area contributed by atoms with Gasteiger partial charge in [0.05, 0.1) is 16.8 Å². The number of amides is 1. The third kappa shape index (κ3) is 1.91. The molecule has 7 heteroatoms. The van der Waals surface area contributed by atoms with Crippen molar-refractivity contribution >= 4 is 23.4 Å². The maximum Gasteiger partial charge on any atom is 0.338 e. The summed E-state index contributed by atoms with van der Waals surface area (Å²) in [5.74, 6) is -0.121. The average molecular weight is 388 g/mol. The lowest BCUT2D eigenvalue weighted by atomic mass is 9.67. The van der Waals surface area contributed by atoms with E-state index < -0.39 is 11.4 Å². The Kier molecular flexibility index (Phi) is 3.20. The van der Waals surface area contributed by atoms with E-state index in [-0.39, 0.29) is 23.6 Å². The van der Waals surface area contributed by atoms with Crippen molar-refractivity contribution in [2.75, 3.05) is 23.9 Å². The van der Waals surface area contributed by atoms with E-state index in [1.165, 1.54) is 0 Å². The van der Waals surface area contributed by atoms with Crippen LogP contribution in [0.3, 0.4) is 0 Å². The summed E-state index contributed by atoms with van der Waals surface area (Å²) in [5, 5.41) is 13.3. The second kappa shape index (κ2) is 5.29. The van der Waals surface area contributed by atoms with Gasteiger partial charge < -0.3 is 19.5 Å². The monoisotopic (exact) mass is 388 g/mol. The van der Waals surface area contributed by atoms with Gasteiger partial charge in [0.2, 0.25) is 5.91 Å². The van der Waals surface area contributed by atoms with Gasteiger partial charge in [-0.25, -0.2) is 4.79 Å². The zero-order valence-corrected chi connectivity index (χ0v) is 16.7. The van der Waals surface area contributed by atoms with Gasteiger partial charge in [-0.15, -0.1) is 0 Å². The number of para-hydroxylation sites is 1. The topological polar surface area (TPSA) is 87.4 Å². The number of carbonyl (C=O) groups excluding carboxylic acids is 2. The first kappa shape index (κ1) is 17.6. The van der Waals surface area contributed by atoms with Gasteiger partial charge in [-0.2, -0.15) is 5.26 Å². The van der Waals surface area contributed by atoms with Crippen molar-refractivity contribution in [3.05, 3.63) is 58.4 Å². The minimum absolute atomic E-state index is 0.0751. The molecule has 146 valence electrons. The summed E-state index contributed by atoms with van der Waals surface area (Å²) in [7, 11) is 1.70. The highest BCUT2D eigenvalue weighted by atomic mass is 16.5. The Morgan fingerprint density at radius 3 is 2.66 bits per heavy atom. The maximum atomic E-state index is 13.9. The summed E-state index contributed by atoms with van der Waals surface area (Å²) in [6, 6.07) is 9.68. The van der Waals surface area contributed by atoms with Crippen LogP contribution in [0.5, 0.6) is 0 Å². The Hall–Kier alpha value is -3.53. The molecule has 5 rings (SSSR count). The van der Waals surface area contributed by atoms with Crippen LogP contribution in [0.1, 0.15) is 37.5 Å². The van der Waals surface area contributed by atoms with Crippen molar-refractivity contribution < 1.29 is 14.3 Å². The third-order valence-electron chi connectivity index (χ3n) is 6.02. The molecule has 1 amide bonds. The van der Waals surface area contributed by atoms with Crippen molar-refractivity contribution in [2.24, 2.45) is 0 Å². The van der Waals surface area contributed by atoms with E-state index in [4.69, 9.17) is 4.74 Å². The highest BCUT2D eigenvalue weighted by Gasteiger charge is 2.62. The van der Waals surface area contributed by atoms with Gasteiger partial charge in [0.1, 0.15) is 23.9 Å². The van der Waals surface area contributed by atoms with Crippen LogP contribution in [0.25, 0.3) is 0 Å².